The van der Waals surface area contributed by atoms with E-state index in [2.05, 4.69) is 19.2 Å². The lowest BCUT2D eigenvalue weighted by Crippen LogP contribution is -2.19. The molecule has 2 heteroatoms. The molecule has 0 heterocycles. The van der Waals surface area contributed by atoms with Gasteiger partial charge in [-0.1, -0.05) is 38.8 Å². The van der Waals surface area contributed by atoms with Crippen LogP contribution in [0.2, 0.25) is 0 Å². The summed E-state index contributed by atoms with van der Waals surface area (Å²) in [5.74, 6) is -0.158. The molecule has 0 aliphatic carbocycles. The predicted octanol–water partition coefficient (Wildman–Crippen LogP) is 4.21. The molecule has 0 aliphatic rings. The molecule has 0 fully saturated rings. The molecule has 0 saturated carbocycles. The lowest BCUT2D eigenvalue weighted by molar-refractivity contribution is 0.574. The summed E-state index contributed by atoms with van der Waals surface area (Å²) in [6.45, 7) is 4.32. The van der Waals surface area contributed by atoms with E-state index in [1.807, 2.05) is 6.07 Å². The van der Waals surface area contributed by atoms with Gasteiger partial charge >= 0.3 is 0 Å². The van der Waals surface area contributed by atoms with Gasteiger partial charge < -0.3 is 5.32 Å². The van der Waals surface area contributed by atoms with E-state index in [1.165, 1.54) is 6.07 Å². The van der Waals surface area contributed by atoms with Crippen molar-refractivity contribution in [3.63, 3.8) is 0 Å². The molecule has 0 saturated heterocycles. The van der Waals surface area contributed by atoms with E-state index in [-0.39, 0.29) is 5.82 Å². The van der Waals surface area contributed by atoms with E-state index in [4.69, 9.17) is 0 Å². The van der Waals surface area contributed by atoms with Crippen LogP contribution in [0.3, 0.4) is 0 Å². The molecular weight excluding hydrogens is 189 g/mol. The predicted molar refractivity (Wildman–Crippen MR) is 63.6 cm³/mol. The van der Waals surface area contributed by atoms with Crippen LogP contribution in [0.15, 0.2) is 24.3 Å². The van der Waals surface area contributed by atoms with Crippen molar-refractivity contribution in [3.05, 3.63) is 30.1 Å². The smallest absolute Gasteiger partial charge is 0.146 e. The van der Waals surface area contributed by atoms with Gasteiger partial charge in [0.2, 0.25) is 0 Å². The number of nitrogens with one attached hydrogen (secondary N) is 1. The Hall–Kier alpha value is -1.05. The van der Waals surface area contributed by atoms with Crippen molar-refractivity contribution in [1.82, 2.24) is 0 Å². The third-order valence-electron chi connectivity index (χ3n) is 2.51. The third-order valence-corrected chi connectivity index (χ3v) is 2.51. The zero-order valence-electron chi connectivity index (χ0n) is 9.59. The van der Waals surface area contributed by atoms with Crippen molar-refractivity contribution in [2.75, 3.05) is 5.32 Å². The maximum Gasteiger partial charge on any atom is 0.146 e. The fraction of sp³-hybridized carbons (Fsp3) is 0.538. The summed E-state index contributed by atoms with van der Waals surface area (Å²) in [5.41, 5.74) is 0.629. The molecule has 15 heavy (non-hydrogen) atoms. The minimum absolute atomic E-state index is 0.158. The van der Waals surface area contributed by atoms with Crippen LogP contribution in [0, 0.1) is 5.82 Å². The summed E-state index contributed by atoms with van der Waals surface area (Å²) < 4.78 is 13.4. The van der Waals surface area contributed by atoms with Gasteiger partial charge in [-0.3, -0.25) is 0 Å². The maximum atomic E-state index is 13.4. The molecule has 0 bridgehead atoms. The molecule has 0 amide bonds. The van der Waals surface area contributed by atoms with Crippen LogP contribution in [0.5, 0.6) is 0 Å². The van der Waals surface area contributed by atoms with Crippen molar-refractivity contribution in [3.8, 4) is 0 Å². The molecule has 84 valence electrons. The topological polar surface area (TPSA) is 12.0 Å². The van der Waals surface area contributed by atoms with E-state index < -0.39 is 0 Å². The molecule has 1 aromatic rings. The Morgan fingerprint density at radius 1 is 1.13 bits per heavy atom. The second kappa shape index (κ2) is 6.44. The number of para-hydroxylation sites is 1. The van der Waals surface area contributed by atoms with Crippen LogP contribution >= 0.6 is 0 Å². The Bertz CT molecular complexity index is 280. The maximum absolute atomic E-state index is 13.4. The second-order valence-electron chi connectivity index (χ2n) is 3.90. The first-order valence-corrected chi connectivity index (χ1v) is 5.79. The Balaban J connectivity index is 2.60. The molecule has 0 atom stereocenters. The lowest BCUT2D eigenvalue weighted by Gasteiger charge is -2.18. The van der Waals surface area contributed by atoms with Crippen LogP contribution < -0.4 is 5.32 Å². The SMILES string of the molecule is CCCC(CCC)Nc1ccccc1F. The summed E-state index contributed by atoms with van der Waals surface area (Å²) >= 11 is 0. The highest BCUT2D eigenvalue weighted by atomic mass is 19.1. The Morgan fingerprint density at radius 2 is 1.73 bits per heavy atom. The fourth-order valence-corrected chi connectivity index (χ4v) is 1.78. The van der Waals surface area contributed by atoms with E-state index in [9.17, 15) is 4.39 Å². The minimum Gasteiger partial charge on any atom is -0.380 e. The second-order valence-corrected chi connectivity index (χ2v) is 3.90. The Morgan fingerprint density at radius 3 is 2.27 bits per heavy atom. The molecular formula is C13H20FN. The number of benzene rings is 1. The van der Waals surface area contributed by atoms with Crippen LogP contribution in [-0.4, -0.2) is 6.04 Å². The summed E-state index contributed by atoms with van der Waals surface area (Å²) in [6, 6.07) is 7.28. The van der Waals surface area contributed by atoms with Gasteiger partial charge in [0.1, 0.15) is 5.82 Å². The van der Waals surface area contributed by atoms with Gasteiger partial charge in [-0.15, -0.1) is 0 Å². The van der Waals surface area contributed by atoms with E-state index in [0.717, 1.165) is 25.7 Å². The van der Waals surface area contributed by atoms with Crippen molar-refractivity contribution in [1.29, 1.82) is 0 Å². The summed E-state index contributed by atoms with van der Waals surface area (Å²) in [7, 11) is 0. The third kappa shape index (κ3) is 3.90. The quantitative estimate of drug-likeness (QED) is 0.740. The lowest BCUT2D eigenvalue weighted by atomic mass is 10.1. The zero-order valence-corrected chi connectivity index (χ0v) is 9.59. The standard InChI is InChI=1S/C13H20FN/c1-3-7-11(8-4-2)15-13-10-6-5-9-12(13)14/h5-6,9-11,15H,3-4,7-8H2,1-2H3. The van der Waals surface area contributed by atoms with Crippen molar-refractivity contribution in [2.24, 2.45) is 0 Å². The largest absolute Gasteiger partial charge is 0.380 e. The number of rotatable bonds is 6. The van der Waals surface area contributed by atoms with Gasteiger partial charge in [0.05, 0.1) is 5.69 Å². The molecule has 1 nitrogen and oxygen atoms in total. The molecule has 1 aromatic carbocycles. The molecule has 1 N–H and O–H groups in total. The highest BCUT2D eigenvalue weighted by Crippen LogP contribution is 2.17. The number of anilines is 1. The first-order chi connectivity index (χ1) is 7.27. The van der Waals surface area contributed by atoms with Gasteiger partial charge in [0.15, 0.2) is 0 Å². The molecule has 0 aromatic heterocycles. The first-order valence-electron chi connectivity index (χ1n) is 5.79. The van der Waals surface area contributed by atoms with Gasteiger partial charge in [-0.25, -0.2) is 4.39 Å². The average molecular weight is 209 g/mol. The van der Waals surface area contributed by atoms with Crippen molar-refractivity contribution < 1.29 is 4.39 Å². The van der Waals surface area contributed by atoms with Crippen LogP contribution in [0.1, 0.15) is 39.5 Å². The summed E-state index contributed by atoms with van der Waals surface area (Å²) in [6.07, 6.45) is 4.46. The van der Waals surface area contributed by atoms with Gasteiger partial charge in [0.25, 0.3) is 0 Å². The average Bonchev–Trinajstić information content (AvgIpc) is 2.22. The van der Waals surface area contributed by atoms with Crippen LogP contribution in [-0.2, 0) is 0 Å². The summed E-state index contributed by atoms with van der Waals surface area (Å²) in [5, 5.41) is 3.27. The van der Waals surface area contributed by atoms with Gasteiger partial charge in [-0.05, 0) is 25.0 Å². The monoisotopic (exact) mass is 209 g/mol. The van der Waals surface area contributed by atoms with Gasteiger partial charge in [0, 0.05) is 6.04 Å². The first kappa shape index (κ1) is 12.0. The van der Waals surface area contributed by atoms with E-state index >= 15 is 0 Å². The highest BCUT2D eigenvalue weighted by Gasteiger charge is 2.08. The van der Waals surface area contributed by atoms with Crippen LogP contribution in [0.4, 0.5) is 10.1 Å². The molecule has 0 aliphatic heterocycles. The number of hydrogen-bond acceptors (Lipinski definition) is 1. The van der Waals surface area contributed by atoms with E-state index in [1.54, 1.807) is 12.1 Å². The minimum atomic E-state index is -0.158. The Labute approximate surface area is 91.7 Å². The summed E-state index contributed by atoms with van der Waals surface area (Å²) in [4.78, 5) is 0. The normalized spacial score (nSPS) is 10.7. The van der Waals surface area contributed by atoms with E-state index in [0.29, 0.717) is 11.7 Å². The Kier molecular flexibility index (Phi) is 5.16. The molecule has 0 spiro atoms. The number of halogens is 1. The fourth-order valence-electron chi connectivity index (χ4n) is 1.78. The van der Waals surface area contributed by atoms with Crippen molar-refractivity contribution >= 4 is 5.69 Å². The molecule has 1 rings (SSSR count). The zero-order chi connectivity index (χ0) is 11.1. The molecule has 0 unspecified atom stereocenters. The van der Waals surface area contributed by atoms with Crippen LogP contribution in [0.25, 0.3) is 0 Å². The highest BCUT2D eigenvalue weighted by molar-refractivity contribution is 5.45. The molecule has 0 radical (unpaired) electrons. The number of hydrogen-bond donors (Lipinski definition) is 1. The van der Waals surface area contributed by atoms with Crippen molar-refractivity contribution in [2.45, 2.75) is 45.6 Å². The van der Waals surface area contributed by atoms with Gasteiger partial charge in [-0.2, -0.15) is 0 Å².